The molecule has 42 heavy (non-hydrogen) atoms. The molecule has 0 radical (unpaired) electrons. The Balaban J connectivity index is 1.41. The first kappa shape index (κ1) is 26.5. The summed E-state index contributed by atoms with van der Waals surface area (Å²) < 4.78 is 30.7. The largest absolute Gasteiger partial charge is 0.477 e. The summed E-state index contributed by atoms with van der Waals surface area (Å²) in [5, 5.41) is 10.8. The van der Waals surface area contributed by atoms with Gasteiger partial charge in [-0.05, 0) is 90.0 Å². The molecule has 4 heterocycles. The fourth-order valence-electron chi connectivity index (χ4n) is 6.26. The number of carboxylic acids is 1. The van der Waals surface area contributed by atoms with Crippen molar-refractivity contribution in [3.63, 3.8) is 0 Å². The third-order valence-electron chi connectivity index (χ3n) is 8.27. The topological polar surface area (TPSA) is 68.0 Å². The van der Waals surface area contributed by atoms with Crippen LogP contribution in [0.3, 0.4) is 0 Å². The van der Waals surface area contributed by atoms with Crippen molar-refractivity contribution in [2.45, 2.75) is 44.6 Å². The van der Waals surface area contributed by atoms with Crippen molar-refractivity contribution in [1.82, 2.24) is 14.5 Å². The van der Waals surface area contributed by atoms with Gasteiger partial charge in [0, 0.05) is 29.9 Å². The number of rotatable bonds is 6. The number of hydrogen-bond donors (Lipinski definition) is 1. The highest BCUT2D eigenvalue weighted by Gasteiger charge is 2.29. The predicted molar refractivity (Wildman–Crippen MR) is 162 cm³/mol. The smallest absolute Gasteiger partial charge is 0.345 e. The van der Waals surface area contributed by atoms with E-state index in [4.69, 9.17) is 4.98 Å². The molecule has 4 aromatic heterocycles. The van der Waals surface area contributed by atoms with Gasteiger partial charge in [0.15, 0.2) is 11.6 Å². The second-order valence-electron chi connectivity index (χ2n) is 10.9. The van der Waals surface area contributed by atoms with Crippen LogP contribution in [0.1, 0.15) is 58.8 Å². The van der Waals surface area contributed by atoms with Gasteiger partial charge in [0.1, 0.15) is 4.88 Å². The number of carbonyl (C=O) groups is 1. The van der Waals surface area contributed by atoms with E-state index in [-0.39, 0.29) is 0 Å². The molecule has 0 bridgehead atoms. The maximum absolute atomic E-state index is 13.9. The van der Waals surface area contributed by atoms with Crippen LogP contribution in [0.4, 0.5) is 8.78 Å². The summed E-state index contributed by atoms with van der Waals surface area (Å²) in [7, 11) is 0. The molecular formula is C34H27F2N3O2S. The first-order valence-electron chi connectivity index (χ1n) is 14.1. The molecule has 0 amide bonds. The molecule has 1 N–H and O–H groups in total. The van der Waals surface area contributed by atoms with E-state index in [1.54, 1.807) is 12.4 Å². The summed E-state index contributed by atoms with van der Waals surface area (Å²) in [6.07, 6.45) is 9.25. The average molecular weight is 580 g/mol. The summed E-state index contributed by atoms with van der Waals surface area (Å²) in [4.78, 5) is 21.3. The van der Waals surface area contributed by atoms with Gasteiger partial charge >= 0.3 is 5.97 Å². The highest BCUT2D eigenvalue weighted by molar-refractivity contribution is 7.21. The Kier molecular flexibility index (Phi) is 6.78. The molecule has 6 aromatic rings. The molecule has 1 saturated carbocycles. The van der Waals surface area contributed by atoms with Crippen molar-refractivity contribution in [3.05, 3.63) is 107 Å². The monoisotopic (exact) mass is 579 g/mol. The maximum Gasteiger partial charge on any atom is 0.345 e. The van der Waals surface area contributed by atoms with E-state index in [1.807, 2.05) is 36.4 Å². The van der Waals surface area contributed by atoms with Gasteiger partial charge in [-0.25, -0.2) is 18.6 Å². The van der Waals surface area contributed by atoms with Gasteiger partial charge in [0.2, 0.25) is 0 Å². The highest BCUT2D eigenvalue weighted by atomic mass is 32.1. The Bertz CT molecular complexity index is 1960. The van der Waals surface area contributed by atoms with Crippen LogP contribution in [-0.2, 0) is 6.54 Å². The standard InChI is InChI=1S/C34H27F2N3O2S/c35-25-9-6-23(17-26(25)36)28-10-7-22-16-24(8-11-27(22)38-28)32-31(21-4-2-1-3-5-21)33-29(18-30(42-33)34(40)41)39(32)19-20-12-14-37-15-13-20/h6-18,21H,1-5,19H2,(H,40,41). The highest BCUT2D eigenvalue weighted by Crippen LogP contribution is 2.47. The minimum absolute atomic E-state index is 0.347. The third kappa shape index (κ3) is 4.75. The lowest BCUT2D eigenvalue weighted by Gasteiger charge is -2.24. The number of thiophene rings is 1. The quantitative estimate of drug-likeness (QED) is 0.214. The molecule has 210 valence electrons. The van der Waals surface area contributed by atoms with Gasteiger partial charge in [0.25, 0.3) is 0 Å². The molecule has 8 heteroatoms. The average Bonchev–Trinajstić information content (AvgIpc) is 3.57. The van der Waals surface area contributed by atoms with Crippen LogP contribution in [0.15, 0.2) is 79.1 Å². The SMILES string of the molecule is O=C(O)c1cc2c(s1)c(C1CCCCC1)c(-c1ccc3nc(-c4ccc(F)c(F)c4)ccc3c1)n2Cc1ccncc1. The number of halogens is 2. The Morgan fingerprint density at radius 1 is 0.905 bits per heavy atom. The summed E-state index contributed by atoms with van der Waals surface area (Å²) in [6.45, 7) is 0.586. The normalized spacial score (nSPS) is 14.1. The molecule has 0 saturated heterocycles. The Morgan fingerprint density at radius 2 is 1.69 bits per heavy atom. The van der Waals surface area contributed by atoms with E-state index in [0.29, 0.717) is 28.6 Å². The van der Waals surface area contributed by atoms with Crippen molar-refractivity contribution in [2.75, 3.05) is 0 Å². The zero-order chi connectivity index (χ0) is 28.8. The molecule has 0 aliphatic heterocycles. The number of fused-ring (bicyclic) bond motifs is 2. The van der Waals surface area contributed by atoms with Crippen LogP contribution in [0.2, 0.25) is 0 Å². The van der Waals surface area contributed by atoms with Crippen LogP contribution in [0, 0.1) is 11.6 Å². The van der Waals surface area contributed by atoms with Gasteiger partial charge < -0.3 is 9.67 Å². The fraction of sp³-hybridized carbons (Fsp3) is 0.206. The first-order chi connectivity index (χ1) is 20.5. The van der Waals surface area contributed by atoms with Crippen molar-refractivity contribution < 1.29 is 18.7 Å². The lowest BCUT2D eigenvalue weighted by atomic mass is 9.83. The summed E-state index contributed by atoms with van der Waals surface area (Å²) in [5.41, 5.74) is 7.25. The molecule has 1 aliphatic rings. The van der Waals surface area contributed by atoms with Crippen LogP contribution < -0.4 is 0 Å². The van der Waals surface area contributed by atoms with E-state index >= 15 is 0 Å². The van der Waals surface area contributed by atoms with Crippen molar-refractivity contribution in [1.29, 1.82) is 0 Å². The zero-order valence-electron chi connectivity index (χ0n) is 22.7. The first-order valence-corrected chi connectivity index (χ1v) is 14.9. The third-order valence-corrected chi connectivity index (χ3v) is 9.41. The van der Waals surface area contributed by atoms with Gasteiger partial charge in [-0.15, -0.1) is 11.3 Å². The number of hydrogen-bond acceptors (Lipinski definition) is 4. The van der Waals surface area contributed by atoms with Gasteiger partial charge in [0.05, 0.1) is 27.1 Å². The number of aromatic nitrogens is 3. The summed E-state index contributed by atoms with van der Waals surface area (Å²) in [6, 6.07) is 19.6. The van der Waals surface area contributed by atoms with E-state index in [2.05, 4.69) is 21.7 Å². The minimum Gasteiger partial charge on any atom is -0.477 e. The predicted octanol–water partition coefficient (Wildman–Crippen LogP) is 9.05. The van der Waals surface area contributed by atoms with E-state index in [9.17, 15) is 18.7 Å². The lowest BCUT2D eigenvalue weighted by molar-refractivity contribution is 0.0702. The second kappa shape index (κ2) is 10.8. The summed E-state index contributed by atoms with van der Waals surface area (Å²) in [5.74, 6) is -2.35. The van der Waals surface area contributed by atoms with Crippen LogP contribution in [0.5, 0.6) is 0 Å². The molecular weight excluding hydrogens is 552 g/mol. The number of benzene rings is 2. The molecule has 1 aliphatic carbocycles. The van der Waals surface area contributed by atoms with Gasteiger partial charge in [-0.3, -0.25) is 4.98 Å². The molecule has 0 spiro atoms. The van der Waals surface area contributed by atoms with Crippen molar-refractivity contribution in [3.8, 4) is 22.5 Å². The van der Waals surface area contributed by atoms with Crippen LogP contribution in [0.25, 0.3) is 43.6 Å². The second-order valence-corrected chi connectivity index (χ2v) is 12.0. The van der Waals surface area contributed by atoms with Gasteiger partial charge in [-0.2, -0.15) is 0 Å². The fourth-order valence-corrected chi connectivity index (χ4v) is 7.38. The summed E-state index contributed by atoms with van der Waals surface area (Å²) >= 11 is 1.37. The number of pyridine rings is 2. The molecule has 2 aromatic carbocycles. The van der Waals surface area contributed by atoms with E-state index in [0.717, 1.165) is 69.7 Å². The van der Waals surface area contributed by atoms with Gasteiger partial charge in [-0.1, -0.05) is 31.4 Å². The number of nitrogens with zero attached hydrogens (tertiary/aromatic N) is 3. The Hall–Kier alpha value is -4.43. The Morgan fingerprint density at radius 3 is 2.45 bits per heavy atom. The molecule has 0 atom stereocenters. The Labute approximate surface area is 245 Å². The molecule has 5 nitrogen and oxygen atoms in total. The number of aromatic carboxylic acids is 1. The lowest BCUT2D eigenvalue weighted by Crippen LogP contribution is -2.08. The van der Waals surface area contributed by atoms with Crippen molar-refractivity contribution >= 4 is 38.4 Å². The van der Waals surface area contributed by atoms with E-state index in [1.165, 1.54) is 35.5 Å². The van der Waals surface area contributed by atoms with Crippen LogP contribution >= 0.6 is 11.3 Å². The molecule has 0 unspecified atom stereocenters. The number of carboxylic acid groups (broad SMARTS) is 1. The molecule has 7 rings (SSSR count). The van der Waals surface area contributed by atoms with E-state index < -0.39 is 17.6 Å². The minimum atomic E-state index is -0.906. The molecule has 1 fully saturated rings. The van der Waals surface area contributed by atoms with Crippen LogP contribution in [-0.4, -0.2) is 25.6 Å². The maximum atomic E-state index is 13.9. The zero-order valence-corrected chi connectivity index (χ0v) is 23.5. The van der Waals surface area contributed by atoms with Crippen molar-refractivity contribution in [2.24, 2.45) is 0 Å².